The second-order valence-electron chi connectivity index (χ2n) is 6.34. The van der Waals surface area contributed by atoms with Crippen molar-refractivity contribution in [2.24, 2.45) is 0 Å². The van der Waals surface area contributed by atoms with Gasteiger partial charge in [-0.25, -0.2) is 15.0 Å². The minimum Gasteiger partial charge on any atom is -0.473 e. The van der Waals surface area contributed by atoms with Crippen molar-refractivity contribution in [3.63, 3.8) is 0 Å². The average Bonchev–Trinajstić information content (AvgIpc) is 3.44. The minimum absolute atomic E-state index is 0.166. The van der Waals surface area contributed by atoms with Crippen LogP contribution in [0.15, 0.2) is 49.3 Å². The molecule has 27 heavy (non-hydrogen) atoms. The highest BCUT2D eigenvalue weighted by Crippen LogP contribution is 2.25. The number of fused-ring (bicyclic) bond motifs is 1. The minimum atomic E-state index is 0.166. The summed E-state index contributed by atoms with van der Waals surface area (Å²) >= 11 is 0. The summed E-state index contributed by atoms with van der Waals surface area (Å²) in [4.78, 5) is 13.3. The van der Waals surface area contributed by atoms with Crippen molar-refractivity contribution in [3.8, 4) is 17.1 Å². The highest BCUT2D eigenvalue weighted by molar-refractivity contribution is 5.73. The van der Waals surface area contributed by atoms with E-state index in [9.17, 15) is 0 Å². The van der Waals surface area contributed by atoms with Gasteiger partial charge < -0.3 is 15.4 Å². The van der Waals surface area contributed by atoms with Crippen LogP contribution in [0.1, 0.15) is 6.42 Å². The molecule has 4 aromatic heterocycles. The van der Waals surface area contributed by atoms with E-state index < -0.39 is 0 Å². The van der Waals surface area contributed by atoms with Crippen LogP contribution in [0.4, 0.5) is 11.5 Å². The lowest BCUT2D eigenvalue weighted by Gasteiger charge is -2.13. The molecule has 0 aromatic carbocycles. The largest absolute Gasteiger partial charge is 0.473 e. The second-order valence-corrected chi connectivity index (χ2v) is 6.34. The Labute approximate surface area is 154 Å². The molecule has 1 saturated heterocycles. The fourth-order valence-corrected chi connectivity index (χ4v) is 3.20. The van der Waals surface area contributed by atoms with E-state index in [0.717, 1.165) is 42.1 Å². The third-order valence-electron chi connectivity index (χ3n) is 4.52. The first-order chi connectivity index (χ1) is 13.4. The van der Waals surface area contributed by atoms with Gasteiger partial charge in [0.25, 0.3) is 0 Å². The van der Waals surface area contributed by atoms with Crippen molar-refractivity contribution in [3.05, 3.63) is 49.3 Å². The number of rotatable bonds is 5. The van der Waals surface area contributed by atoms with E-state index in [1.807, 2.05) is 28.9 Å². The predicted molar refractivity (Wildman–Crippen MR) is 100.0 cm³/mol. The number of nitrogens with one attached hydrogen (secondary N) is 3. The SMILES string of the molecule is c1cc(Nc2nccn3c(-c4cn[nH]c4)cnc23)cc(O[C@H]2CCNC2)n1. The third kappa shape index (κ3) is 3.08. The molecule has 0 unspecified atom stereocenters. The number of aromatic nitrogens is 6. The number of H-pyrrole nitrogens is 1. The molecule has 5 heterocycles. The van der Waals surface area contributed by atoms with Crippen molar-refractivity contribution >= 4 is 17.2 Å². The fourth-order valence-electron chi connectivity index (χ4n) is 3.20. The number of ether oxygens (including phenoxy) is 1. The topological polar surface area (TPSA) is 105 Å². The van der Waals surface area contributed by atoms with Gasteiger partial charge in [0.15, 0.2) is 11.5 Å². The van der Waals surface area contributed by atoms with Crippen molar-refractivity contribution in [2.75, 3.05) is 18.4 Å². The van der Waals surface area contributed by atoms with Crippen LogP contribution in [-0.4, -0.2) is 48.7 Å². The maximum Gasteiger partial charge on any atom is 0.215 e. The molecular weight excluding hydrogens is 344 g/mol. The molecule has 9 nitrogen and oxygen atoms in total. The van der Waals surface area contributed by atoms with Gasteiger partial charge in [0.2, 0.25) is 5.88 Å². The Balaban J connectivity index is 1.43. The zero-order valence-electron chi connectivity index (χ0n) is 14.5. The van der Waals surface area contributed by atoms with E-state index in [1.165, 1.54) is 0 Å². The van der Waals surface area contributed by atoms with Crippen LogP contribution in [0.2, 0.25) is 0 Å². The summed E-state index contributed by atoms with van der Waals surface area (Å²) in [5.41, 5.74) is 3.48. The van der Waals surface area contributed by atoms with E-state index in [-0.39, 0.29) is 6.10 Å². The molecule has 0 aliphatic carbocycles. The molecule has 0 bridgehead atoms. The number of nitrogens with zero attached hydrogens (tertiary/aromatic N) is 5. The molecule has 1 atom stereocenters. The van der Waals surface area contributed by atoms with E-state index in [0.29, 0.717) is 11.7 Å². The Morgan fingerprint density at radius 2 is 2.19 bits per heavy atom. The Kier molecular flexibility index (Phi) is 3.91. The molecule has 136 valence electrons. The maximum absolute atomic E-state index is 5.93. The Morgan fingerprint density at radius 1 is 1.19 bits per heavy atom. The van der Waals surface area contributed by atoms with Gasteiger partial charge in [-0.1, -0.05) is 0 Å². The molecule has 9 heteroatoms. The van der Waals surface area contributed by atoms with Gasteiger partial charge in [0.05, 0.1) is 18.1 Å². The van der Waals surface area contributed by atoms with Crippen molar-refractivity contribution in [1.82, 2.24) is 34.9 Å². The molecule has 5 rings (SSSR count). The molecule has 1 aliphatic heterocycles. The number of anilines is 2. The maximum atomic E-state index is 5.93. The Morgan fingerprint density at radius 3 is 3.04 bits per heavy atom. The van der Waals surface area contributed by atoms with E-state index in [4.69, 9.17) is 4.74 Å². The number of hydrogen-bond donors (Lipinski definition) is 3. The lowest BCUT2D eigenvalue weighted by atomic mass is 10.3. The lowest BCUT2D eigenvalue weighted by molar-refractivity contribution is 0.214. The fraction of sp³-hybridized carbons (Fsp3) is 0.222. The van der Waals surface area contributed by atoms with Gasteiger partial charge in [-0.3, -0.25) is 9.50 Å². The van der Waals surface area contributed by atoms with E-state index >= 15 is 0 Å². The zero-order chi connectivity index (χ0) is 18.1. The highest BCUT2D eigenvalue weighted by atomic mass is 16.5. The van der Waals surface area contributed by atoms with Gasteiger partial charge in [0, 0.05) is 48.6 Å². The van der Waals surface area contributed by atoms with Gasteiger partial charge in [-0.2, -0.15) is 5.10 Å². The van der Waals surface area contributed by atoms with Crippen LogP contribution >= 0.6 is 0 Å². The number of pyridine rings is 1. The molecular formula is C18H18N8O. The van der Waals surface area contributed by atoms with Crippen molar-refractivity contribution in [1.29, 1.82) is 0 Å². The summed E-state index contributed by atoms with van der Waals surface area (Å²) in [5.74, 6) is 1.26. The summed E-state index contributed by atoms with van der Waals surface area (Å²) in [6.45, 7) is 1.83. The predicted octanol–water partition coefficient (Wildman–Crippen LogP) is 2.00. The van der Waals surface area contributed by atoms with Crippen LogP contribution in [0.25, 0.3) is 16.9 Å². The van der Waals surface area contributed by atoms with E-state index in [2.05, 4.69) is 35.8 Å². The number of imidazole rings is 1. The monoisotopic (exact) mass is 362 g/mol. The lowest BCUT2D eigenvalue weighted by Crippen LogP contribution is -2.20. The first-order valence-electron chi connectivity index (χ1n) is 8.78. The zero-order valence-corrected chi connectivity index (χ0v) is 14.5. The Bertz CT molecular complexity index is 1050. The summed E-state index contributed by atoms with van der Waals surface area (Å²) < 4.78 is 7.90. The van der Waals surface area contributed by atoms with Crippen LogP contribution in [-0.2, 0) is 0 Å². The molecule has 4 aromatic rings. The summed E-state index contributed by atoms with van der Waals surface area (Å²) in [6.07, 6.45) is 11.9. The number of aromatic amines is 1. The van der Waals surface area contributed by atoms with Gasteiger partial charge in [-0.05, 0) is 19.0 Å². The third-order valence-corrected chi connectivity index (χ3v) is 4.52. The molecule has 3 N–H and O–H groups in total. The van der Waals surface area contributed by atoms with E-state index in [1.54, 1.807) is 24.8 Å². The molecule has 1 fully saturated rings. The summed E-state index contributed by atoms with van der Waals surface area (Å²) in [7, 11) is 0. The van der Waals surface area contributed by atoms with Crippen molar-refractivity contribution in [2.45, 2.75) is 12.5 Å². The van der Waals surface area contributed by atoms with Crippen LogP contribution < -0.4 is 15.4 Å². The normalized spacial score (nSPS) is 16.7. The standard InChI is InChI=1S/C18H18N8O/c1-4-20-16(27-14-2-3-19-10-14)7-13(1)25-17-18-22-11-15(12-8-23-24-9-12)26(18)6-5-21-17/h1,4-9,11,14,19H,2-3,10H2,(H,23,24)(H,20,21,25)/t14-/m0/s1. The highest BCUT2D eigenvalue weighted by Gasteiger charge is 2.17. The quantitative estimate of drug-likeness (QED) is 0.499. The summed E-state index contributed by atoms with van der Waals surface area (Å²) in [5, 5.41) is 13.4. The van der Waals surface area contributed by atoms with Crippen molar-refractivity contribution < 1.29 is 4.74 Å². The van der Waals surface area contributed by atoms with Crippen LogP contribution in [0, 0.1) is 0 Å². The molecule has 1 aliphatic rings. The first-order valence-corrected chi connectivity index (χ1v) is 8.78. The smallest absolute Gasteiger partial charge is 0.215 e. The first kappa shape index (κ1) is 15.8. The molecule has 0 amide bonds. The summed E-state index contributed by atoms with van der Waals surface area (Å²) in [6, 6.07) is 3.76. The molecule has 0 saturated carbocycles. The second kappa shape index (κ2) is 6.69. The number of hydrogen-bond acceptors (Lipinski definition) is 7. The van der Waals surface area contributed by atoms with Gasteiger partial charge >= 0.3 is 0 Å². The Hall–Kier alpha value is -3.46. The average molecular weight is 362 g/mol. The molecule has 0 spiro atoms. The van der Waals surface area contributed by atoms with Gasteiger partial charge in [0.1, 0.15) is 6.10 Å². The van der Waals surface area contributed by atoms with Crippen LogP contribution in [0.3, 0.4) is 0 Å². The van der Waals surface area contributed by atoms with Gasteiger partial charge in [-0.15, -0.1) is 0 Å². The molecule has 0 radical (unpaired) electrons. The van der Waals surface area contributed by atoms with Crippen LogP contribution in [0.5, 0.6) is 5.88 Å².